The topological polar surface area (TPSA) is 18.5 Å². The van der Waals surface area contributed by atoms with Crippen LogP contribution in [0.2, 0.25) is 0 Å². The van der Waals surface area contributed by atoms with Crippen molar-refractivity contribution in [1.29, 1.82) is 0 Å². The van der Waals surface area contributed by atoms with E-state index in [1.54, 1.807) is 0 Å². The van der Waals surface area contributed by atoms with Gasteiger partial charge in [0.1, 0.15) is 6.17 Å². The zero-order valence-corrected chi connectivity index (χ0v) is 6.88. The molecule has 2 nitrogen and oxygen atoms in total. The first-order chi connectivity index (χ1) is 5.34. The van der Waals surface area contributed by atoms with Crippen molar-refractivity contribution < 1.29 is 13.9 Å². The number of rotatable bonds is 3. The van der Waals surface area contributed by atoms with E-state index in [9.17, 15) is 4.39 Å². The molecule has 0 amide bonds. The van der Waals surface area contributed by atoms with E-state index in [2.05, 4.69) is 0 Å². The van der Waals surface area contributed by atoms with Crippen molar-refractivity contribution in [3.05, 3.63) is 0 Å². The Morgan fingerprint density at radius 3 is 3.09 bits per heavy atom. The summed E-state index contributed by atoms with van der Waals surface area (Å²) in [6.45, 7) is 3.51. The van der Waals surface area contributed by atoms with Gasteiger partial charge in [0.25, 0.3) is 0 Å². The predicted octanol–water partition coefficient (Wildman–Crippen LogP) is 1.54. The summed E-state index contributed by atoms with van der Waals surface area (Å²) < 4.78 is 23.1. The Morgan fingerprint density at radius 2 is 2.45 bits per heavy atom. The molecular formula is C8H15FO2. The number of halogens is 1. The molecule has 1 saturated heterocycles. The van der Waals surface area contributed by atoms with Gasteiger partial charge in [-0.05, 0) is 12.8 Å². The first-order valence-corrected chi connectivity index (χ1v) is 4.18. The summed E-state index contributed by atoms with van der Waals surface area (Å²) in [6.07, 6.45) is 0.504. The quantitative estimate of drug-likeness (QED) is 0.626. The van der Waals surface area contributed by atoms with E-state index in [-0.39, 0.29) is 12.7 Å². The largest absolute Gasteiger partial charge is 0.378 e. The number of alkyl halides is 1. The van der Waals surface area contributed by atoms with E-state index >= 15 is 0 Å². The highest BCUT2D eigenvalue weighted by atomic mass is 19.1. The molecule has 1 fully saturated rings. The molecule has 2 atom stereocenters. The van der Waals surface area contributed by atoms with Crippen LogP contribution in [0.3, 0.4) is 0 Å². The molecule has 0 N–H and O–H groups in total. The molecule has 1 rings (SSSR count). The molecule has 11 heavy (non-hydrogen) atoms. The number of hydrogen-bond donors (Lipinski definition) is 0. The van der Waals surface area contributed by atoms with E-state index in [0.717, 1.165) is 6.42 Å². The monoisotopic (exact) mass is 162 g/mol. The molecule has 0 aromatic carbocycles. The molecule has 0 bridgehead atoms. The standard InChI is InChI=1S/C8H15FO2/c1-2-4-11-8-3-5-10-6-7(8)9/h7-8H,2-6H2,1H3. The van der Waals surface area contributed by atoms with Gasteiger partial charge in [0.05, 0.1) is 12.7 Å². The Labute approximate surface area is 66.7 Å². The van der Waals surface area contributed by atoms with Crippen LogP contribution in [0.4, 0.5) is 4.39 Å². The SMILES string of the molecule is CCCOC1CCOCC1F. The molecule has 0 saturated carbocycles. The predicted molar refractivity (Wildman–Crippen MR) is 40.4 cm³/mol. The molecule has 3 heteroatoms. The maximum absolute atomic E-state index is 12.9. The fraction of sp³-hybridized carbons (Fsp3) is 1.00. The molecule has 0 aromatic heterocycles. The second kappa shape index (κ2) is 4.67. The van der Waals surface area contributed by atoms with Crippen LogP contribution in [-0.4, -0.2) is 32.1 Å². The molecule has 1 aliphatic heterocycles. The van der Waals surface area contributed by atoms with Crippen molar-refractivity contribution in [2.75, 3.05) is 19.8 Å². The minimum absolute atomic E-state index is 0.203. The van der Waals surface area contributed by atoms with Crippen LogP contribution < -0.4 is 0 Å². The van der Waals surface area contributed by atoms with Gasteiger partial charge in [0, 0.05) is 13.2 Å². The minimum atomic E-state index is -0.921. The lowest BCUT2D eigenvalue weighted by Crippen LogP contribution is -2.35. The average molecular weight is 162 g/mol. The fourth-order valence-electron chi connectivity index (χ4n) is 1.14. The van der Waals surface area contributed by atoms with Crippen molar-refractivity contribution in [3.8, 4) is 0 Å². The first kappa shape index (κ1) is 8.94. The summed E-state index contributed by atoms with van der Waals surface area (Å²) in [6, 6.07) is 0. The van der Waals surface area contributed by atoms with E-state index in [0.29, 0.717) is 19.6 Å². The van der Waals surface area contributed by atoms with Gasteiger partial charge >= 0.3 is 0 Å². The second-order valence-electron chi connectivity index (χ2n) is 2.79. The van der Waals surface area contributed by atoms with Crippen molar-refractivity contribution in [2.45, 2.75) is 32.0 Å². The molecule has 1 aliphatic rings. The molecule has 66 valence electrons. The normalized spacial score (nSPS) is 32.2. The van der Waals surface area contributed by atoms with E-state index in [1.165, 1.54) is 0 Å². The van der Waals surface area contributed by atoms with Crippen LogP contribution >= 0.6 is 0 Å². The van der Waals surface area contributed by atoms with Gasteiger partial charge in [-0.25, -0.2) is 4.39 Å². The lowest BCUT2D eigenvalue weighted by molar-refractivity contribution is -0.0839. The van der Waals surface area contributed by atoms with Crippen molar-refractivity contribution in [2.24, 2.45) is 0 Å². The Balaban J connectivity index is 2.18. The molecule has 2 unspecified atom stereocenters. The highest BCUT2D eigenvalue weighted by Crippen LogP contribution is 2.14. The zero-order valence-electron chi connectivity index (χ0n) is 6.88. The highest BCUT2D eigenvalue weighted by molar-refractivity contribution is 4.72. The molecular weight excluding hydrogens is 147 g/mol. The van der Waals surface area contributed by atoms with E-state index < -0.39 is 6.17 Å². The Morgan fingerprint density at radius 1 is 1.64 bits per heavy atom. The molecule has 1 heterocycles. The summed E-state index contributed by atoms with van der Waals surface area (Å²) in [4.78, 5) is 0. The van der Waals surface area contributed by atoms with Gasteiger partial charge < -0.3 is 9.47 Å². The van der Waals surface area contributed by atoms with Crippen LogP contribution in [0.5, 0.6) is 0 Å². The molecule has 0 aromatic rings. The second-order valence-corrected chi connectivity index (χ2v) is 2.79. The third-order valence-corrected chi connectivity index (χ3v) is 1.76. The van der Waals surface area contributed by atoms with Gasteiger partial charge in [0.2, 0.25) is 0 Å². The molecule has 0 radical (unpaired) electrons. The first-order valence-electron chi connectivity index (χ1n) is 4.18. The maximum atomic E-state index is 12.9. The van der Waals surface area contributed by atoms with Crippen LogP contribution in [0.1, 0.15) is 19.8 Å². The third-order valence-electron chi connectivity index (χ3n) is 1.76. The Bertz CT molecular complexity index is 108. The summed E-state index contributed by atoms with van der Waals surface area (Å²) >= 11 is 0. The Hall–Kier alpha value is -0.150. The van der Waals surface area contributed by atoms with Gasteiger partial charge in [-0.15, -0.1) is 0 Å². The molecule has 0 aliphatic carbocycles. The average Bonchev–Trinajstić information content (AvgIpc) is 2.03. The van der Waals surface area contributed by atoms with Crippen molar-refractivity contribution >= 4 is 0 Å². The van der Waals surface area contributed by atoms with Gasteiger partial charge in [-0.1, -0.05) is 6.92 Å². The van der Waals surface area contributed by atoms with Crippen LogP contribution in [0.25, 0.3) is 0 Å². The highest BCUT2D eigenvalue weighted by Gasteiger charge is 2.25. The van der Waals surface area contributed by atoms with Crippen LogP contribution in [0.15, 0.2) is 0 Å². The summed E-state index contributed by atoms with van der Waals surface area (Å²) in [5.41, 5.74) is 0. The van der Waals surface area contributed by atoms with Crippen LogP contribution in [0, 0.1) is 0 Å². The summed E-state index contributed by atoms with van der Waals surface area (Å²) in [5.74, 6) is 0. The van der Waals surface area contributed by atoms with Crippen molar-refractivity contribution in [1.82, 2.24) is 0 Å². The van der Waals surface area contributed by atoms with Gasteiger partial charge in [-0.3, -0.25) is 0 Å². The zero-order chi connectivity index (χ0) is 8.10. The van der Waals surface area contributed by atoms with Gasteiger partial charge in [0.15, 0.2) is 0 Å². The minimum Gasteiger partial charge on any atom is -0.378 e. The fourth-order valence-corrected chi connectivity index (χ4v) is 1.14. The van der Waals surface area contributed by atoms with Gasteiger partial charge in [-0.2, -0.15) is 0 Å². The summed E-state index contributed by atoms with van der Waals surface area (Å²) in [7, 11) is 0. The third kappa shape index (κ3) is 2.75. The lowest BCUT2D eigenvalue weighted by atomic mass is 10.1. The van der Waals surface area contributed by atoms with E-state index in [4.69, 9.17) is 9.47 Å². The lowest BCUT2D eigenvalue weighted by Gasteiger charge is -2.25. The smallest absolute Gasteiger partial charge is 0.149 e. The van der Waals surface area contributed by atoms with Crippen LogP contribution in [-0.2, 0) is 9.47 Å². The van der Waals surface area contributed by atoms with Crippen molar-refractivity contribution in [3.63, 3.8) is 0 Å². The molecule has 0 spiro atoms. The Kier molecular flexibility index (Phi) is 3.80. The van der Waals surface area contributed by atoms with E-state index in [1.807, 2.05) is 6.92 Å². The number of ether oxygens (including phenoxy) is 2. The maximum Gasteiger partial charge on any atom is 0.149 e. The summed E-state index contributed by atoms with van der Waals surface area (Å²) in [5, 5.41) is 0. The number of hydrogen-bond acceptors (Lipinski definition) is 2.